The first-order valence-electron chi connectivity index (χ1n) is 6.37. The molecule has 0 saturated heterocycles. The molecule has 0 fully saturated rings. The van der Waals surface area contributed by atoms with Crippen LogP contribution in [0.25, 0.3) is 0 Å². The van der Waals surface area contributed by atoms with Crippen LogP contribution in [0.15, 0.2) is 34.8 Å². The molecule has 0 radical (unpaired) electrons. The van der Waals surface area contributed by atoms with E-state index >= 15 is 0 Å². The van der Waals surface area contributed by atoms with Crippen LogP contribution < -0.4 is 4.74 Å². The minimum Gasteiger partial charge on any atom is -0.469 e. The second kappa shape index (κ2) is 7.44. The number of methoxy groups -OCH3 is 1. The molecule has 0 heterocycles. The summed E-state index contributed by atoms with van der Waals surface area (Å²) in [5, 5.41) is 8.98. The normalized spacial score (nSPS) is 10.0. The van der Waals surface area contributed by atoms with E-state index in [0.29, 0.717) is 15.8 Å². The zero-order chi connectivity index (χ0) is 17.0. The van der Waals surface area contributed by atoms with Crippen molar-refractivity contribution >= 4 is 33.5 Å². The lowest BCUT2D eigenvalue weighted by atomic mass is 10.1. The lowest BCUT2D eigenvalue weighted by Crippen LogP contribution is -2.06. The van der Waals surface area contributed by atoms with Crippen molar-refractivity contribution in [3.05, 3.63) is 56.8 Å². The molecule has 2 aromatic rings. The third-order valence-corrected chi connectivity index (χ3v) is 3.86. The van der Waals surface area contributed by atoms with E-state index in [4.69, 9.17) is 21.6 Å². The van der Waals surface area contributed by atoms with Gasteiger partial charge >= 0.3 is 5.97 Å². The molecule has 0 unspecified atom stereocenters. The van der Waals surface area contributed by atoms with E-state index in [0.717, 1.165) is 6.07 Å². The van der Waals surface area contributed by atoms with Crippen LogP contribution in [0.2, 0.25) is 5.02 Å². The average molecular weight is 399 g/mol. The summed E-state index contributed by atoms with van der Waals surface area (Å²) in [5.41, 5.74) is 0.572. The molecular weight excluding hydrogens is 389 g/mol. The Hall–Kier alpha value is -2.10. The largest absolute Gasteiger partial charge is 0.469 e. The summed E-state index contributed by atoms with van der Waals surface area (Å²) < 4.78 is 24.6. The predicted molar refractivity (Wildman–Crippen MR) is 86.1 cm³/mol. The Bertz CT molecular complexity index is 805. The number of halogens is 3. The van der Waals surface area contributed by atoms with Crippen LogP contribution in [0.3, 0.4) is 0 Å². The zero-order valence-electron chi connectivity index (χ0n) is 11.9. The number of nitriles is 1. The molecule has 2 rings (SSSR count). The molecule has 0 atom stereocenters. The molecule has 7 heteroatoms. The smallest absolute Gasteiger partial charge is 0.310 e. The first kappa shape index (κ1) is 17.3. The summed E-state index contributed by atoms with van der Waals surface area (Å²) in [6.45, 7) is 0. The van der Waals surface area contributed by atoms with Crippen LogP contribution in [0.4, 0.5) is 4.39 Å². The van der Waals surface area contributed by atoms with Gasteiger partial charge in [-0.1, -0.05) is 11.6 Å². The summed E-state index contributed by atoms with van der Waals surface area (Å²) in [5.74, 6) is -0.711. The number of benzene rings is 2. The standard InChI is InChI=1S/C16H10BrClFNO3/c1-22-16(21)6-10-5-12(18)15(7-13(10)19)23-14-3-2-9(8-20)4-11(14)17/h2-5,7H,6H2,1H3. The fraction of sp³-hybridized carbons (Fsp3) is 0.125. The van der Waals surface area contributed by atoms with Crippen molar-refractivity contribution in [1.29, 1.82) is 5.26 Å². The zero-order valence-corrected chi connectivity index (χ0v) is 14.2. The van der Waals surface area contributed by atoms with Crippen LogP contribution in [-0.4, -0.2) is 13.1 Å². The highest BCUT2D eigenvalue weighted by Gasteiger charge is 2.15. The lowest BCUT2D eigenvalue weighted by Gasteiger charge is -2.11. The van der Waals surface area contributed by atoms with Gasteiger partial charge in [0.25, 0.3) is 0 Å². The Balaban J connectivity index is 2.29. The minimum atomic E-state index is -0.625. The second-order valence-corrected chi connectivity index (χ2v) is 5.75. The van der Waals surface area contributed by atoms with E-state index in [1.54, 1.807) is 18.2 Å². The van der Waals surface area contributed by atoms with Gasteiger partial charge in [-0.15, -0.1) is 0 Å². The highest BCUT2D eigenvalue weighted by Crippen LogP contribution is 2.35. The van der Waals surface area contributed by atoms with Crippen molar-refractivity contribution in [2.45, 2.75) is 6.42 Å². The van der Waals surface area contributed by atoms with Crippen LogP contribution >= 0.6 is 27.5 Å². The number of carbonyl (C=O) groups is 1. The van der Waals surface area contributed by atoms with Gasteiger partial charge in [-0.25, -0.2) is 4.39 Å². The molecule has 118 valence electrons. The molecule has 0 spiro atoms. The Labute approximate surface area is 145 Å². The fourth-order valence-electron chi connectivity index (χ4n) is 1.78. The summed E-state index contributed by atoms with van der Waals surface area (Å²) in [7, 11) is 1.22. The van der Waals surface area contributed by atoms with E-state index < -0.39 is 11.8 Å². The summed E-state index contributed by atoms with van der Waals surface area (Å²) in [6, 6.07) is 9.13. The number of nitrogens with zero attached hydrogens (tertiary/aromatic N) is 1. The fourth-order valence-corrected chi connectivity index (χ4v) is 2.47. The maximum atomic E-state index is 14.0. The van der Waals surface area contributed by atoms with Gasteiger partial charge < -0.3 is 9.47 Å². The van der Waals surface area contributed by atoms with Crippen LogP contribution in [-0.2, 0) is 16.0 Å². The first-order valence-corrected chi connectivity index (χ1v) is 7.54. The molecule has 0 amide bonds. The van der Waals surface area contributed by atoms with Gasteiger partial charge in [-0.05, 0) is 40.2 Å². The predicted octanol–water partition coefficient (Wildman–Crippen LogP) is 4.62. The lowest BCUT2D eigenvalue weighted by molar-refractivity contribution is -0.139. The van der Waals surface area contributed by atoms with Crippen molar-refractivity contribution in [1.82, 2.24) is 0 Å². The Morgan fingerprint density at radius 3 is 2.70 bits per heavy atom. The van der Waals surface area contributed by atoms with E-state index in [9.17, 15) is 9.18 Å². The van der Waals surface area contributed by atoms with Crippen LogP contribution in [0.5, 0.6) is 11.5 Å². The van der Waals surface area contributed by atoms with Gasteiger partial charge in [0.1, 0.15) is 17.3 Å². The molecule has 0 bridgehead atoms. The SMILES string of the molecule is COC(=O)Cc1cc(Cl)c(Oc2ccc(C#N)cc2Br)cc1F. The van der Waals surface area contributed by atoms with Gasteiger partial charge in [0.2, 0.25) is 0 Å². The maximum Gasteiger partial charge on any atom is 0.310 e. The number of ether oxygens (including phenoxy) is 2. The third kappa shape index (κ3) is 4.21. The molecule has 0 saturated carbocycles. The Morgan fingerprint density at radius 1 is 1.35 bits per heavy atom. The van der Waals surface area contributed by atoms with Gasteiger partial charge in [-0.2, -0.15) is 5.26 Å². The Kier molecular flexibility index (Phi) is 5.59. The van der Waals surface area contributed by atoms with Crippen molar-refractivity contribution in [2.75, 3.05) is 7.11 Å². The molecule has 0 aliphatic rings. The molecule has 0 aliphatic carbocycles. The maximum absolute atomic E-state index is 14.0. The summed E-state index contributed by atoms with van der Waals surface area (Å²) in [4.78, 5) is 11.2. The quantitative estimate of drug-likeness (QED) is 0.705. The average Bonchev–Trinajstić information content (AvgIpc) is 2.53. The van der Waals surface area contributed by atoms with Gasteiger partial charge in [-0.3, -0.25) is 4.79 Å². The monoisotopic (exact) mass is 397 g/mol. The van der Waals surface area contributed by atoms with Gasteiger partial charge in [0, 0.05) is 11.6 Å². The highest BCUT2D eigenvalue weighted by molar-refractivity contribution is 9.10. The molecule has 0 aromatic heterocycles. The van der Waals surface area contributed by atoms with Gasteiger partial charge in [0.05, 0.1) is 34.7 Å². The van der Waals surface area contributed by atoms with Gasteiger partial charge in [0.15, 0.2) is 0 Å². The topological polar surface area (TPSA) is 59.3 Å². The molecule has 0 N–H and O–H groups in total. The molecular formula is C16H10BrClFNO3. The van der Waals surface area contributed by atoms with Crippen LogP contribution in [0, 0.1) is 17.1 Å². The number of esters is 1. The Morgan fingerprint density at radius 2 is 2.09 bits per heavy atom. The van der Waals surface area contributed by atoms with E-state index in [2.05, 4.69) is 20.7 Å². The van der Waals surface area contributed by atoms with E-state index in [-0.39, 0.29) is 22.8 Å². The number of carbonyl (C=O) groups excluding carboxylic acids is 1. The van der Waals surface area contributed by atoms with Crippen molar-refractivity contribution in [2.24, 2.45) is 0 Å². The van der Waals surface area contributed by atoms with Crippen molar-refractivity contribution < 1.29 is 18.7 Å². The molecule has 2 aromatic carbocycles. The second-order valence-electron chi connectivity index (χ2n) is 4.49. The minimum absolute atomic E-state index is 0.100. The summed E-state index contributed by atoms with van der Waals surface area (Å²) >= 11 is 9.35. The molecule has 0 aliphatic heterocycles. The number of rotatable bonds is 4. The number of hydrogen-bond donors (Lipinski definition) is 0. The van der Waals surface area contributed by atoms with Crippen LogP contribution in [0.1, 0.15) is 11.1 Å². The summed E-state index contributed by atoms with van der Waals surface area (Å²) in [6.07, 6.45) is -0.219. The highest BCUT2D eigenvalue weighted by atomic mass is 79.9. The van der Waals surface area contributed by atoms with E-state index in [1.165, 1.54) is 13.2 Å². The van der Waals surface area contributed by atoms with E-state index in [1.807, 2.05) is 6.07 Å². The number of hydrogen-bond acceptors (Lipinski definition) is 4. The first-order chi connectivity index (χ1) is 10.9. The van der Waals surface area contributed by atoms with Crippen molar-refractivity contribution in [3.8, 4) is 17.6 Å². The molecule has 4 nitrogen and oxygen atoms in total. The molecule has 23 heavy (non-hydrogen) atoms. The third-order valence-electron chi connectivity index (χ3n) is 2.94. The van der Waals surface area contributed by atoms with Crippen molar-refractivity contribution in [3.63, 3.8) is 0 Å².